The van der Waals surface area contributed by atoms with Gasteiger partial charge in [-0.3, -0.25) is 14.8 Å². The molecule has 3 atom stereocenters. The number of rotatable bonds is 5. The normalized spacial score (nSPS) is 25.2. The molecule has 5 nitrogen and oxygen atoms in total. The summed E-state index contributed by atoms with van der Waals surface area (Å²) >= 11 is 0. The summed E-state index contributed by atoms with van der Waals surface area (Å²) in [5.74, 6) is 0.420. The highest BCUT2D eigenvalue weighted by atomic mass is 16.4. The van der Waals surface area contributed by atoms with Crippen LogP contribution in [0.1, 0.15) is 31.2 Å². The fourth-order valence-electron chi connectivity index (χ4n) is 4.66. The molecule has 2 saturated heterocycles. The van der Waals surface area contributed by atoms with Crippen molar-refractivity contribution in [2.45, 2.75) is 44.3 Å². The Kier molecular flexibility index (Phi) is 4.89. The summed E-state index contributed by atoms with van der Waals surface area (Å²) in [6.45, 7) is 1.58. The van der Waals surface area contributed by atoms with Crippen LogP contribution in [-0.2, 0) is 6.54 Å². The Morgan fingerprint density at radius 2 is 1.73 bits per heavy atom. The van der Waals surface area contributed by atoms with Gasteiger partial charge in [0.2, 0.25) is 0 Å². The third-order valence-electron chi connectivity index (χ3n) is 5.84. The van der Waals surface area contributed by atoms with Gasteiger partial charge in [-0.2, -0.15) is 0 Å². The lowest BCUT2D eigenvalue weighted by Gasteiger charge is -2.40. The first-order valence-electron chi connectivity index (χ1n) is 9.41. The average molecular weight is 351 g/mol. The van der Waals surface area contributed by atoms with Gasteiger partial charge in [0.1, 0.15) is 0 Å². The van der Waals surface area contributed by atoms with Gasteiger partial charge >= 0.3 is 6.09 Å². The van der Waals surface area contributed by atoms with Crippen molar-refractivity contribution in [1.29, 1.82) is 0 Å². The van der Waals surface area contributed by atoms with Gasteiger partial charge in [-0.05, 0) is 49.3 Å². The standard InChI is InChI=1S/C21H25N3O2/c25-21(26)24(18-8-10-22-11-9-18)15-17-12-19-6-7-20(13-17)23(19)14-16-4-2-1-3-5-16/h1-5,8-11,17,19-20H,6-7,12-15H2,(H,25,26)/t17-,19-,20+. The lowest BCUT2D eigenvalue weighted by atomic mass is 9.89. The van der Waals surface area contributed by atoms with Crippen molar-refractivity contribution < 1.29 is 9.90 Å². The molecule has 2 aliphatic rings. The fraction of sp³-hybridized carbons (Fsp3) is 0.429. The van der Waals surface area contributed by atoms with Crippen molar-refractivity contribution >= 4 is 11.8 Å². The molecule has 4 rings (SSSR count). The summed E-state index contributed by atoms with van der Waals surface area (Å²) in [6.07, 6.45) is 7.05. The van der Waals surface area contributed by atoms with Crippen molar-refractivity contribution in [2.75, 3.05) is 11.4 Å². The first kappa shape index (κ1) is 17.0. The Balaban J connectivity index is 1.42. The van der Waals surface area contributed by atoms with E-state index in [9.17, 15) is 9.90 Å². The van der Waals surface area contributed by atoms with E-state index in [1.54, 1.807) is 24.5 Å². The zero-order valence-corrected chi connectivity index (χ0v) is 14.9. The zero-order chi connectivity index (χ0) is 17.9. The number of aromatic nitrogens is 1. The summed E-state index contributed by atoms with van der Waals surface area (Å²) in [5, 5.41) is 9.65. The molecule has 0 aliphatic carbocycles. The van der Waals surface area contributed by atoms with Crippen LogP contribution >= 0.6 is 0 Å². The molecule has 1 aromatic heterocycles. The van der Waals surface area contributed by atoms with Gasteiger partial charge in [0.15, 0.2) is 0 Å². The Hall–Kier alpha value is -2.40. The zero-order valence-electron chi connectivity index (χ0n) is 14.9. The minimum absolute atomic E-state index is 0.420. The smallest absolute Gasteiger partial charge is 0.411 e. The van der Waals surface area contributed by atoms with Crippen LogP contribution in [0.25, 0.3) is 0 Å². The molecule has 0 spiro atoms. The number of hydrogen-bond acceptors (Lipinski definition) is 3. The number of carboxylic acid groups (broad SMARTS) is 1. The number of carbonyl (C=O) groups is 1. The molecule has 5 heteroatoms. The second-order valence-corrected chi connectivity index (χ2v) is 7.48. The number of fused-ring (bicyclic) bond motifs is 2. The summed E-state index contributed by atoms with van der Waals surface area (Å²) in [7, 11) is 0. The summed E-state index contributed by atoms with van der Waals surface area (Å²) in [6, 6.07) is 15.3. The van der Waals surface area contributed by atoms with E-state index in [0.29, 0.717) is 30.2 Å². The third-order valence-corrected chi connectivity index (χ3v) is 5.84. The van der Waals surface area contributed by atoms with Gasteiger partial charge in [-0.15, -0.1) is 0 Å². The molecule has 2 fully saturated rings. The van der Waals surface area contributed by atoms with E-state index in [2.05, 4.69) is 40.2 Å². The predicted molar refractivity (Wildman–Crippen MR) is 101 cm³/mol. The molecule has 1 amide bonds. The van der Waals surface area contributed by atoms with Crippen LogP contribution in [0.15, 0.2) is 54.9 Å². The van der Waals surface area contributed by atoms with Crippen LogP contribution in [0.3, 0.4) is 0 Å². The largest absolute Gasteiger partial charge is 0.465 e. The Bertz CT molecular complexity index is 723. The minimum Gasteiger partial charge on any atom is -0.465 e. The summed E-state index contributed by atoms with van der Waals surface area (Å²) < 4.78 is 0. The van der Waals surface area contributed by atoms with Gasteiger partial charge in [0.05, 0.1) is 5.69 Å². The second kappa shape index (κ2) is 7.46. The SMILES string of the molecule is O=C(O)N(C[C@@H]1C[C@H]2CC[C@@H](C1)N2Cc1ccccc1)c1ccncc1. The molecule has 2 bridgehead atoms. The van der Waals surface area contributed by atoms with Crippen LogP contribution in [0.4, 0.5) is 10.5 Å². The molecule has 3 heterocycles. The molecule has 26 heavy (non-hydrogen) atoms. The van der Waals surface area contributed by atoms with Crippen molar-refractivity contribution in [3.8, 4) is 0 Å². The number of pyridine rings is 1. The Morgan fingerprint density at radius 1 is 1.08 bits per heavy atom. The van der Waals surface area contributed by atoms with E-state index >= 15 is 0 Å². The lowest BCUT2D eigenvalue weighted by molar-refractivity contribution is 0.0976. The lowest BCUT2D eigenvalue weighted by Crippen LogP contribution is -2.46. The van der Waals surface area contributed by atoms with Gasteiger partial charge in [-0.25, -0.2) is 4.79 Å². The van der Waals surface area contributed by atoms with Crippen LogP contribution in [-0.4, -0.2) is 39.7 Å². The number of amides is 1. The molecular weight excluding hydrogens is 326 g/mol. The maximum absolute atomic E-state index is 11.8. The fourth-order valence-corrected chi connectivity index (χ4v) is 4.66. The van der Waals surface area contributed by atoms with Crippen molar-refractivity contribution in [1.82, 2.24) is 9.88 Å². The first-order chi connectivity index (χ1) is 12.7. The monoisotopic (exact) mass is 351 g/mol. The molecule has 2 aliphatic heterocycles. The molecule has 1 N–H and O–H groups in total. The van der Waals surface area contributed by atoms with Crippen molar-refractivity contribution in [3.05, 3.63) is 60.4 Å². The number of benzene rings is 1. The highest BCUT2D eigenvalue weighted by molar-refractivity contribution is 5.85. The molecular formula is C21H25N3O2. The highest BCUT2D eigenvalue weighted by Gasteiger charge is 2.41. The summed E-state index contributed by atoms with van der Waals surface area (Å²) in [5.41, 5.74) is 2.08. The topological polar surface area (TPSA) is 56.7 Å². The highest BCUT2D eigenvalue weighted by Crippen LogP contribution is 2.40. The Labute approximate surface area is 154 Å². The molecule has 0 radical (unpaired) electrons. The molecule has 1 aromatic carbocycles. The van der Waals surface area contributed by atoms with E-state index in [1.165, 1.54) is 23.3 Å². The van der Waals surface area contributed by atoms with Gasteiger partial charge in [0.25, 0.3) is 0 Å². The van der Waals surface area contributed by atoms with E-state index in [0.717, 1.165) is 19.4 Å². The third kappa shape index (κ3) is 3.58. The molecule has 2 aromatic rings. The first-order valence-corrected chi connectivity index (χ1v) is 9.41. The van der Waals surface area contributed by atoms with E-state index in [-0.39, 0.29) is 0 Å². The number of hydrogen-bond donors (Lipinski definition) is 1. The number of anilines is 1. The maximum atomic E-state index is 11.8. The molecule has 0 unspecified atom stereocenters. The van der Waals surface area contributed by atoms with E-state index < -0.39 is 6.09 Å². The van der Waals surface area contributed by atoms with Crippen LogP contribution < -0.4 is 4.90 Å². The minimum atomic E-state index is -0.879. The van der Waals surface area contributed by atoms with Crippen LogP contribution in [0, 0.1) is 5.92 Å². The number of nitrogens with zero attached hydrogens (tertiary/aromatic N) is 3. The molecule has 136 valence electrons. The van der Waals surface area contributed by atoms with E-state index in [1.807, 2.05) is 0 Å². The predicted octanol–water partition coefficient (Wildman–Crippen LogP) is 4.01. The van der Waals surface area contributed by atoms with Crippen molar-refractivity contribution in [3.63, 3.8) is 0 Å². The quantitative estimate of drug-likeness (QED) is 0.884. The van der Waals surface area contributed by atoms with E-state index in [4.69, 9.17) is 0 Å². The van der Waals surface area contributed by atoms with Gasteiger partial charge < -0.3 is 5.11 Å². The molecule has 0 saturated carbocycles. The number of piperidine rings is 1. The second-order valence-electron chi connectivity index (χ2n) is 7.48. The van der Waals surface area contributed by atoms with Gasteiger partial charge in [0, 0.05) is 37.6 Å². The average Bonchev–Trinajstić information content (AvgIpc) is 2.89. The van der Waals surface area contributed by atoms with Crippen LogP contribution in [0.2, 0.25) is 0 Å². The maximum Gasteiger partial charge on any atom is 0.411 e. The Morgan fingerprint density at radius 3 is 2.35 bits per heavy atom. The van der Waals surface area contributed by atoms with Crippen molar-refractivity contribution in [2.24, 2.45) is 5.92 Å². The summed E-state index contributed by atoms with van der Waals surface area (Å²) in [4.78, 5) is 19.9. The van der Waals surface area contributed by atoms with Crippen LogP contribution in [0.5, 0.6) is 0 Å². The van der Waals surface area contributed by atoms with Gasteiger partial charge in [-0.1, -0.05) is 30.3 Å².